The number of para-hydroxylation sites is 1. The van der Waals surface area contributed by atoms with Gasteiger partial charge in [-0.1, -0.05) is 52.0 Å². The van der Waals surface area contributed by atoms with Crippen LogP contribution >= 0.6 is 11.3 Å². The van der Waals surface area contributed by atoms with Crippen molar-refractivity contribution in [2.24, 2.45) is 0 Å². The topological polar surface area (TPSA) is 131 Å². The second kappa shape index (κ2) is 9.53. The van der Waals surface area contributed by atoms with E-state index in [1.165, 1.54) is 28.8 Å². The van der Waals surface area contributed by atoms with E-state index in [0.717, 1.165) is 22.5 Å². The molecule has 0 spiro atoms. The number of rotatable bonds is 5. The molecule has 210 valence electrons. The third kappa shape index (κ3) is 4.14. The Morgan fingerprint density at radius 3 is 2.00 bits per heavy atom. The van der Waals surface area contributed by atoms with Crippen molar-refractivity contribution in [3.05, 3.63) is 86.4 Å². The van der Waals surface area contributed by atoms with Crippen molar-refractivity contribution in [1.82, 2.24) is 4.57 Å². The van der Waals surface area contributed by atoms with Crippen molar-refractivity contribution in [2.45, 2.75) is 49.3 Å². The molecule has 41 heavy (non-hydrogen) atoms. The molecule has 2 N–H and O–H groups in total. The predicted octanol–water partition coefficient (Wildman–Crippen LogP) is 6.38. The molecule has 0 aliphatic carbocycles. The van der Waals surface area contributed by atoms with Gasteiger partial charge in [-0.15, -0.1) is 11.3 Å². The van der Waals surface area contributed by atoms with Crippen LogP contribution in [0.1, 0.15) is 50.7 Å². The van der Waals surface area contributed by atoms with Crippen molar-refractivity contribution >= 4 is 74.3 Å². The summed E-state index contributed by atoms with van der Waals surface area (Å²) in [6, 6.07) is 14.5. The summed E-state index contributed by atoms with van der Waals surface area (Å²) in [5, 5.41) is 2.10. The average Bonchev–Trinajstić information content (AvgIpc) is 2.91. The van der Waals surface area contributed by atoms with Gasteiger partial charge in [-0.3, -0.25) is 14.1 Å². The van der Waals surface area contributed by atoms with E-state index in [2.05, 4.69) is 0 Å². The van der Waals surface area contributed by atoms with E-state index in [1.807, 2.05) is 45.9 Å². The van der Waals surface area contributed by atoms with Crippen molar-refractivity contribution < 1.29 is 21.7 Å². The highest BCUT2D eigenvalue weighted by atomic mass is 32.2. The van der Waals surface area contributed by atoms with Gasteiger partial charge in [0.15, 0.2) is 11.1 Å². The SMILES string of the molecule is CC(C)c1cccc(C(C)C)c1-n1c(=O)c2ccc3c4cc(S(=O)(=O)O)ccc4sc4c(S(=O)O)cc(c1=O)c2c43. The van der Waals surface area contributed by atoms with Gasteiger partial charge in [0, 0.05) is 26.2 Å². The maximum atomic E-state index is 14.3. The first-order valence-corrected chi connectivity index (χ1v) is 16.2. The molecule has 1 atom stereocenters. The Hall–Kier alpha value is -3.48. The summed E-state index contributed by atoms with van der Waals surface area (Å²) in [6.07, 6.45) is 0. The zero-order valence-corrected chi connectivity index (χ0v) is 24.9. The summed E-state index contributed by atoms with van der Waals surface area (Å²) in [7, 11) is -4.50. The fourth-order valence-corrected chi connectivity index (χ4v) is 8.13. The van der Waals surface area contributed by atoms with E-state index >= 15 is 0 Å². The first-order chi connectivity index (χ1) is 19.3. The van der Waals surface area contributed by atoms with Crippen molar-refractivity contribution in [3.63, 3.8) is 0 Å². The Balaban J connectivity index is 1.88. The van der Waals surface area contributed by atoms with Crippen LogP contribution in [0.2, 0.25) is 0 Å². The fraction of sp³-hybridized carbons (Fsp3) is 0.200. The van der Waals surface area contributed by atoms with Crippen LogP contribution in [0.25, 0.3) is 47.4 Å². The maximum Gasteiger partial charge on any atom is 0.294 e. The quantitative estimate of drug-likeness (QED) is 0.101. The van der Waals surface area contributed by atoms with Crippen molar-refractivity contribution in [2.75, 3.05) is 0 Å². The molecule has 4 aromatic carbocycles. The molecular formula is C30H25NO7S3. The zero-order valence-electron chi connectivity index (χ0n) is 22.5. The molecule has 2 aromatic heterocycles. The lowest BCUT2D eigenvalue weighted by atomic mass is 9.92. The molecule has 0 radical (unpaired) electrons. The Labute approximate surface area is 241 Å². The van der Waals surface area contributed by atoms with Gasteiger partial charge in [-0.25, -0.2) is 8.78 Å². The molecule has 2 heterocycles. The number of hydrogen-bond donors (Lipinski definition) is 2. The Morgan fingerprint density at radius 2 is 1.41 bits per heavy atom. The average molecular weight is 608 g/mol. The van der Waals surface area contributed by atoms with Gasteiger partial charge >= 0.3 is 0 Å². The minimum Gasteiger partial charge on any atom is -0.302 e. The van der Waals surface area contributed by atoms with E-state index < -0.39 is 32.3 Å². The van der Waals surface area contributed by atoms with Crippen LogP contribution in [0, 0.1) is 0 Å². The minimum absolute atomic E-state index is 0.00599. The molecule has 0 amide bonds. The van der Waals surface area contributed by atoms with Gasteiger partial charge in [0.2, 0.25) is 0 Å². The molecule has 6 aromatic rings. The van der Waals surface area contributed by atoms with Crippen LogP contribution in [0.15, 0.2) is 74.0 Å². The summed E-state index contributed by atoms with van der Waals surface area (Å²) in [6.45, 7) is 7.96. The summed E-state index contributed by atoms with van der Waals surface area (Å²) < 4.78 is 58.6. The Bertz CT molecular complexity index is 2290. The predicted molar refractivity (Wildman–Crippen MR) is 164 cm³/mol. The molecule has 0 bridgehead atoms. The van der Waals surface area contributed by atoms with Crippen molar-refractivity contribution in [1.29, 1.82) is 0 Å². The zero-order chi connectivity index (χ0) is 29.5. The van der Waals surface area contributed by atoms with Crippen LogP contribution in [-0.4, -0.2) is 26.3 Å². The molecule has 11 heteroatoms. The van der Waals surface area contributed by atoms with Gasteiger partial charge in [-0.2, -0.15) is 8.42 Å². The van der Waals surface area contributed by atoms with Crippen LogP contribution in [0.4, 0.5) is 0 Å². The largest absolute Gasteiger partial charge is 0.302 e. The molecule has 1 unspecified atom stereocenters. The van der Waals surface area contributed by atoms with E-state index in [4.69, 9.17) is 0 Å². The number of aromatic nitrogens is 1. The lowest BCUT2D eigenvalue weighted by Crippen LogP contribution is -2.34. The monoisotopic (exact) mass is 607 g/mol. The summed E-state index contributed by atoms with van der Waals surface area (Å²) >= 11 is -1.33. The third-order valence-corrected chi connectivity index (χ3v) is 10.5. The highest BCUT2D eigenvalue weighted by molar-refractivity contribution is 7.85. The second-order valence-electron chi connectivity index (χ2n) is 10.7. The number of nitrogens with zero attached hydrogens (tertiary/aromatic N) is 1. The van der Waals surface area contributed by atoms with Crippen LogP contribution in [0.3, 0.4) is 0 Å². The molecule has 0 saturated heterocycles. The van der Waals surface area contributed by atoms with E-state index in [9.17, 15) is 31.3 Å². The first-order valence-electron chi connectivity index (χ1n) is 12.9. The smallest absolute Gasteiger partial charge is 0.294 e. The Morgan fingerprint density at radius 1 is 0.805 bits per heavy atom. The number of pyridine rings is 1. The maximum absolute atomic E-state index is 14.3. The molecule has 8 nitrogen and oxygen atoms in total. The molecule has 0 saturated carbocycles. The summed E-state index contributed by atoms with van der Waals surface area (Å²) in [5.41, 5.74) is 1.08. The van der Waals surface area contributed by atoms with Gasteiger partial charge in [0.25, 0.3) is 21.2 Å². The number of hydrogen-bond acceptors (Lipinski definition) is 6. The minimum atomic E-state index is -4.50. The highest BCUT2D eigenvalue weighted by Gasteiger charge is 2.26. The molecule has 0 fully saturated rings. The Kier molecular flexibility index (Phi) is 6.44. The number of fused-ring (bicyclic) bond motifs is 2. The molecule has 6 rings (SSSR count). The lowest BCUT2D eigenvalue weighted by Gasteiger charge is -2.22. The molecule has 0 aliphatic heterocycles. The van der Waals surface area contributed by atoms with Crippen LogP contribution in [-0.2, 0) is 21.2 Å². The normalized spacial score (nSPS) is 13.5. The van der Waals surface area contributed by atoms with Crippen molar-refractivity contribution in [3.8, 4) is 5.69 Å². The van der Waals surface area contributed by atoms with Gasteiger partial charge < -0.3 is 4.55 Å². The van der Waals surface area contributed by atoms with Crippen LogP contribution in [0.5, 0.6) is 0 Å². The third-order valence-electron chi connectivity index (χ3n) is 7.57. The summed E-state index contributed by atoms with van der Waals surface area (Å²) in [4.78, 5) is 28.2. The van der Waals surface area contributed by atoms with Gasteiger partial charge in [0.1, 0.15) is 0 Å². The fourth-order valence-electron chi connectivity index (χ4n) is 5.70. The van der Waals surface area contributed by atoms with Gasteiger partial charge in [-0.05, 0) is 58.7 Å². The highest BCUT2D eigenvalue weighted by Crippen LogP contribution is 2.43. The van der Waals surface area contributed by atoms with Gasteiger partial charge in [0.05, 0.1) is 25.6 Å². The standard InChI is InChI=1S/C30H25NO7S3/c1-14(2)17-6-5-7-18(15(3)4)27(17)31-29(32)20-10-9-19-21-12-16(41(36,37)38)8-11-23(21)39-28-24(40(34)35)13-22(30(31)33)25(20)26(19)28/h5-15H,1-4H3,(H,34,35)(H,36,37,38). The summed E-state index contributed by atoms with van der Waals surface area (Å²) in [5.74, 6) is 0.0120. The van der Waals surface area contributed by atoms with Crippen LogP contribution < -0.4 is 11.1 Å². The van der Waals surface area contributed by atoms with E-state index in [1.54, 1.807) is 12.1 Å². The number of benzene rings is 4. The first kappa shape index (κ1) is 27.7. The molecular weight excluding hydrogens is 583 g/mol. The second-order valence-corrected chi connectivity index (χ2v) is 14.1. The van der Waals surface area contributed by atoms with E-state index in [-0.39, 0.29) is 32.4 Å². The van der Waals surface area contributed by atoms with E-state index in [0.29, 0.717) is 36.6 Å². The molecule has 0 aliphatic rings. The lowest BCUT2D eigenvalue weighted by molar-refractivity contribution is 0.483.